The Hall–Kier alpha value is -2.19. The summed E-state index contributed by atoms with van der Waals surface area (Å²) < 4.78 is 5.26. The summed E-state index contributed by atoms with van der Waals surface area (Å²) in [5, 5.41) is 11.7. The van der Waals surface area contributed by atoms with E-state index in [1.54, 1.807) is 11.3 Å². The summed E-state index contributed by atoms with van der Waals surface area (Å²) in [5.41, 5.74) is 3.95. The Kier molecular flexibility index (Phi) is 5.01. The van der Waals surface area contributed by atoms with Crippen LogP contribution in [0.15, 0.2) is 9.90 Å². The van der Waals surface area contributed by atoms with Crippen LogP contribution in [0.1, 0.15) is 50.7 Å². The molecule has 1 atom stereocenters. The lowest BCUT2D eigenvalue weighted by molar-refractivity contribution is -0.124. The summed E-state index contributed by atoms with van der Waals surface area (Å²) >= 11 is 1.63. The number of nitrogens with one attached hydrogen (secondary N) is 2. The van der Waals surface area contributed by atoms with Crippen LogP contribution < -0.4 is 10.6 Å². The van der Waals surface area contributed by atoms with E-state index in [2.05, 4.69) is 20.7 Å². The van der Waals surface area contributed by atoms with Gasteiger partial charge >= 0.3 is 0 Å². The molecule has 144 valence electrons. The summed E-state index contributed by atoms with van der Waals surface area (Å²) in [4.78, 5) is 28.2. The molecule has 2 amide bonds. The molecule has 2 aliphatic heterocycles. The highest BCUT2D eigenvalue weighted by Gasteiger charge is 2.28. The topological polar surface area (TPSA) is 87.5 Å². The second-order valence-electron chi connectivity index (χ2n) is 7.27. The number of piperidine rings is 1. The predicted octanol–water partition coefficient (Wildman–Crippen LogP) is 1.92. The SMILES string of the molecule is Cc1noc(C)c1CN1CCc2c(C(=O)N[C@@H]3CCCNC3=O)csc2C1. The maximum atomic E-state index is 12.7. The van der Waals surface area contributed by atoms with E-state index in [4.69, 9.17) is 4.52 Å². The van der Waals surface area contributed by atoms with Crippen LogP contribution in [0.5, 0.6) is 0 Å². The Morgan fingerprint density at radius 3 is 3.07 bits per heavy atom. The second kappa shape index (κ2) is 7.44. The zero-order valence-corrected chi connectivity index (χ0v) is 16.4. The van der Waals surface area contributed by atoms with E-state index >= 15 is 0 Å². The third kappa shape index (κ3) is 3.64. The molecule has 0 spiro atoms. The van der Waals surface area contributed by atoms with Crippen LogP contribution in [-0.4, -0.2) is 41.0 Å². The van der Waals surface area contributed by atoms with Crippen LogP contribution in [0.3, 0.4) is 0 Å². The number of aryl methyl sites for hydroxylation is 2. The minimum Gasteiger partial charge on any atom is -0.361 e. The van der Waals surface area contributed by atoms with Gasteiger partial charge in [0.2, 0.25) is 5.91 Å². The highest BCUT2D eigenvalue weighted by Crippen LogP contribution is 2.30. The van der Waals surface area contributed by atoms with Crippen LogP contribution >= 0.6 is 11.3 Å². The Morgan fingerprint density at radius 1 is 1.48 bits per heavy atom. The number of carbonyl (C=O) groups excluding carboxylic acids is 2. The molecule has 0 unspecified atom stereocenters. The van der Waals surface area contributed by atoms with Crippen molar-refractivity contribution in [3.8, 4) is 0 Å². The minimum atomic E-state index is -0.415. The molecule has 8 heteroatoms. The fourth-order valence-corrected chi connectivity index (χ4v) is 4.92. The van der Waals surface area contributed by atoms with Crippen LogP contribution in [-0.2, 0) is 24.3 Å². The van der Waals surface area contributed by atoms with Crippen molar-refractivity contribution in [2.75, 3.05) is 13.1 Å². The fraction of sp³-hybridized carbons (Fsp3) is 0.526. The van der Waals surface area contributed by atoms with Crippen molar-refractivity contribution < 1.29 is 14.1 Å². The number of aromatic nitrogens is 1. The van der Waals surface area contributed by atoms with E-state index < -0.39 is 6.04 Å². The molecule has 0 saturated carbocycles. The van der Waals surface area contributed by atoms with Crippen molar-refractivity contribution in [3.63, 3.8) is 0 Å². The zero-order chi connectivity index (χ0) is 19.0. The molecule has 4 heterocycles. The number of hydrogen-bond donors (Lipinski definition) is 2. The van der Waals surface area contributed by atoms with Crippen molar-refractivity contribution in [2.24, 2.45) is 0 Å². The fourth-order valence-electron chi connectivity index (χ4n) is 3.80. The molecule has 1 fully saturated rings. The van der Waals surface area contributed by atoms with E-state index in [9.17, 15) is 9.59 Å². The van der Waals surface area contributed by atoms with Crippen molar-refractivity contribution in [1.29, 1.82) is 0 Å². The molecule has 0 aromatic carbocycles. The van der Waals surface area contributed by atoms with Crippen molar-refractivity contribution in [1.82, 2.24) is 20.7 Å². The maximum Gasteiger partial charge on any atom is 0.253 e. The molecule has 0 bridgehead atoms. The Bertz CT molecular complexity index is 853. The smallest absolute Gasteiger partial charge is 0.253 e. The van der Waals surface area contributed by atoms with Crippen molar-refractivity contribution >= 4 is 23.2 Å². The number of fused-ring (bicyclic) bond motifs is 1. The van der Waals surface area contributed by atoms with Gasteiger partial charge < -0.3 is 15.2 Å². The lowest BCUT2D eigenvalue weighted by Gasteiger charge is -2.27. The van der Waals surface area contributed by atoms with E-state index in [0.717, 1.165) is 60.6 Å². The standard InChI is InChI=1S/C19H24N4O3S/c1-11-14(12(2)26-22-11)8-23-7-5-13-15(10-27-17(13)9-23)18(24)21-16-4-3-6-20-19(16)25/h10,16H,3-9H2,1-2H3,(H,20,25)(H,21,24)/t16-/m1/s1. The average molecular weight is 388 g/mol. The quantitative estimate of drug-likeness (QED) is 0.836. The van der Waals surface area contributed by atoms with Crippen molar-refractivity contribution in [3.05, 3.63) is 38.4 Å². The zero-order valence-electron chi connectivity index (χ0n) is 15.6. The van der Waals surface area contributed by atoms with Gasteiger partial charge in [-0.05, 0) is 38.7 Å². The summed E-state index contributed by atoms with van der Waals surface area (Å²) in [6, 6.07) is -0.415. The van der Waals surface area contributed by atoms with Crippen LogP contribution in [0.2, 0.25) is 0 Å². The van der Waals surface area contributed by atoms with Crippen LogP contribution in [0, 0.1) is 13.8 Å². The molecule has 0 radical (unpaired) electrons. The molecule has 4 rings (SSSR count). The van der Waals surface area contributed by atoms with Gasteiger partial charge in [-0.2, -0.15) is 0 Å². The first kappa shape index (κ1) is 18.2. The van der Waals surface area contributed by atoms with Gasteiger partial charge in [0.05, 0.1) is 11.3 Å². The summed E-state index contributed by atoms with van der Waals surface area (Å²) in [7, 11) is 0. The summed E-state index contributed by atoms with van der Waals surface area (Å²) in [6.07, 6.45) is 2.44. The lowest BCUT2D eigenvalue weighted by Crippen LogP contribution is -2.50. The molecule has 0 aliphatic carbocycles. The molecule has 2 aromatic rings. The predicted molar refractivity (Wildman–Crippen MR) is 102 cm³/mol. The second-order valence-corrected chi connectivity index (χ2v) is 8.24. The Morgan fingerprint density at radius 2 is 2.33 bits per heavy atom. The lowest BCUT2D eigenvalue weighted by atomic mass is 10.0. The number of hydrogen-bond acceptors (Lipinski definition) is 6. The molecule has 1 saturated heterocycles. The largest absolute Gasteiger partial charge is 0.361 e. The summed E-state index contributed by atoms with van der Waals surface area (Å²) in [5.74, 6) is 0.661. The van der Waals surface area contributed by atoms with Crippen LogP contribution in [0.25, 0.3) is 0 Å². The van der Waals surface area contributed by atoms with Gasteiger partial charge in [0.25, 0.3) is 5.91 Å². The average Bonchev–Trinajstić information content (AvgIpc) is 3.21. The normalized spacial score (nSPS) is 20.2. The highest BCUT2D eigenvalue weighted by atomic mass is 32.1. The highest BCUT2D eigenvalue weighted by molar-refractivity contribution is 7.10. The molecule has 27 heavy (non-hydrogen) atoms. The third-order valence-electron chi connectivity index (χ3n) is 5.42. The molecular weight excluding hydrogens is 364 g/mol. The van der Waals surface area contributed by atoms with E-state index in [1.165, 1.54) is 4.88 Å². The first-order chi connectivity index (χ1) is 13.0. The number of nitrogens with zero attached hydrogens (tertiary/aromatic N) is 2. The Labute approximate surface area is 162 Å². The van der Waals surface area contributed by atoms with Gasteiger partial charge in [-0.3, -0.25) is 14.5 Å². The van der Waals surface area contributed by atoms with Gasteiger partial charge in [0.15, 0.2) is 0 Å². The Balaban J connectivity index is 1.44. The first-order valence-electron chi connectivity index (χ1n) is 9.35. The van der Waals surface area contributed by atoms with Gasteiger partial charge in [0.1, 0.15) is 11.8 Å². The number of carbonyl (C=O) groups is 2. The molecule has 7 nitrogen and oxygen atoms in total. The molecule has 2 N–H and O–H groups in total. The van der Waals surface area contributed by atoms with Gasteiger partial charge in [0, 0.05) is 42.0 Å². The number of rotatable bonds is 4. The molecular formula is C19H24N4O3S. The molecule has 2 aromatic heterocycles. The van der Waals surface area contributed by atoms with E-state index in [0.29, 0.717) is 13.0 Å². The first-order valence-corrected chi connectivity index (χ1v) is 10.2. The minimum absolute atomic E-state index is 0.0793. The third-order valence-corrected chi connectivity index (χ3v) is 6.44. The number of amides is 2. The maximum absolute atomic E-state index is 12.7. The van der Waals surface area contributed by atoms with E-state index in [1.807, 2.05) is 19.2 Å². The van der Waals surface area contributed by atoms with Crippen molar-refractivity contribution in [2.45, 2.75) is 52.2 Å². The number of thiophene rings is 1. The summed E-state index contributed by atoms with van der Waals surface area (Å²) in [6.45, 7) is 7.12. The van der Waals surface area contributed by atoms with Gasteiger partial charge in [-0.1, -0.05) is 5.16 Å². The van der Waals surface area contributed by atoms with Gasteiger partial charge in [-0.25, -0.2) is 0 Å². The molecule has 2 aliphatic rings. The monoisotopic (exact) mass is 388 g/mol. The van der Waals surface area contributed by atoms with Gasteiger partial charge in [-0.15, -0.1) is 11.3 Å². The van der Waals surface area contributed by atoms with E-state index in [-0.39, 0.29) is 11.8 Å². The van der Waals surface area contributed by atoms with Crippen LogP contribution in [0.4, 0.5) is 0 Å².